The number of pyridine rings is 1. The van der Waals surface area contributed by atoms with Crippen molar-refractivity contribution in [1.82, 2.24) is 19.7 Å². The molecule has 146 valence electrons. The Hall–Kier alpha value is -3.19. The molecule has 3 rings (SSSR count). The highest BCUT2D eigenvalue weighted by atomic mass is 16.5. The Morgan fingerprint density at radius 2 is 1.96 bits per heavy atom. The molecule has 3 aromatic rings. The van der Waals surface area contributed by atoms with Gasteiger partial charge < -0.3 is 14.7 Å². The quantitative estimate of drug-likeness (QED) is 0.681. The Balaban J connectivity index is 2.07. The molecule has 1 N–H and O–H groups in total. The summed E-state index contributed by atoms with van der Waals surface area (Å²) in [5.74, 6) is 0.369. The third kappa shape index (κ3) is 4.04. The Morgan fingerprint density at radius 1 is 1.21 bits per heavy atom. The number of amides is 1. The van der Waals surface area contributed by atoms with Crippen molar-refractivity contribution in [3.8, 4) is 22.8 Å². The molecule has 0 radical (unpaired) electrons. The summed E-state index contributed by atoms with van der Waals surface area (Å²) in [5, 5.41) is 13.7. The maximum absolute atomic E-state index is 12.6. The van der Waals surface area contributed by atoms with E-state index in [0.29, 0.717) is 24.5 Å². The highest BCUT2D eigenvalue weighted by molar-refractivity contribution is 5.93. The number of hydrogen-bond donors (Lipinski definition) is 1. The summed E-state index contributed by atoms with van der Waals surface area (Å²) in [7, 11) is 3.31. The minimum atomic E-state index is -0.138. The van der Waals surface area contributed by atoms with Crippen LogP contribution in [-0.4, -0.2) is 58.0 Å². The number of hydrogen-bond acceptors (Lipinski definition) is 5. The molecule has 1 amide bonds. The molecule has 0 unspecified atom stereocenters. The van der Waals surface area contributed by atoms with Gasteiger partial charge in [-0.25, -0.2) is 9.67 Å². The number of nitrogens with zero attached hydrogens (tertiary/aromatic N) is 4. The van der Waals surface area contributed by atoms with Crippen molar-refractivity contribution in [3.05, 3.63) is 59.9 Å². The van der Waals surface area contributed by atoms with E-state index in [1.54, 1.807) is 42.1 Å². The summed E-state index contributed by atoms with van der Waals surface area (Å²) >= 11 is 0. The van der Waals surface area contributed by atoms with E-state index in [1.807, 2.05) is 37.3 Å². The first kappa shape index (κ1) is 19.6. The number of benzene rings is 1. The first-order valence-electron chi connectivity index (χ1n) is 9.13. The van der Waals surface area contributed by atoms with Crippen molar-refractivity contribution in [2.24, 2.45) is 0 Å². The number of carbonyl (C=O) groups is 1. The molecule has 2 heterocycles. The summed E-state index contributed by atoms with van der Waals surface area (Å²) in [6.45, 7) is 2.63. The van der Waals surface area contributed by atoms with Crippen LogP contribution < -0.4 is 4.74 Å². The van der Waals surface area contributed by atoms with Crippen LogP contribution in [0.4, 0.5) is 0 Å². The minimum absolute atomic E-state index is 0.108. The molecule has 0 fully saturated rings. The van der Waals surface area contributed by atoms with Crippen LogP contribution in [0, 0.1) is 0 Å². The molecule has 2 aromatic heterocycles. The van der Waals surface area contributed by atoms with Crippen molar-refractivity contribution < 1.29 is 14.6 Å². The van der Waals surface area contributed by atoms with Crippen molar-refractivity contribution in [2.75, 3.05) is 27.3 Å². The predicted octanol–water partition coefficient (Wildman–Crippen LogP) is 2.57. The Bertz CT molecular complexity index is 933. The van der Waals surface area contributed by atoms with Gasteiger partial charge in [0.25, 0.3) is 5.91 Å². The van der Waals surface area contributed by atoms with Gasteiger partial charge in [0, 0.05) is 31.8 Å². The van der Waals surface area contributed by atoms with E-state index in [-0.39, 0.29) is 12.5 Å². The second-order valence-electron chi connectivity index (χ2n) is 6.38. The molecule has 7 heteroatoms. The first-order chi connectivity index (χ1) is 13.6. The highest BCUT2D eigenvalue weighted by Gasteiger charge is 2.19. The largest absolute Gasteiger partial charge is 0.481 e. The maximum atomic E-state index is 12.6. The smallest absolute Gasteiger partial charge is 0.274 e. The molecule has 7 nitrogen and oxygen atoms in total. The summed E-state index contributed by atoms with van der Waals surface area (Å²) < 4.78 is 6.84. The molecular weight excluding hydrogens is 356 g/mol. The number of ether oxygens (including phenoxy) is 1. The molecule has 1 aromatic carbocycles. The number of carbonyl (C=O) groups excluding carboxylic acids is 1. The first-order valence-corrected chi connectivity index (χ1v) is 9.13. The van der Waals surface area contributed by atoms with Crippen LogP contribution in [0.25, 0.3) is 16.9 Å². The van der Waals surface area contributed by atoms with Crippen molar-refractivity contribution in [1.29, 1.82) is 0 Å². The van der Waals surface area contributed by atoms with E-state index in [2.05, 4.69) is 10.1 Å². The van der Waals surface area contributed by atoms with Crippen LogP contribution in [0.3, 0.4) is 0 Å². The zero-order valence-electron chi connectivity index (χ0n) is 16.3. The monoisotopic (exact) mass is 380 g/mol. The minimum Gasteiger partial charge on any atom is -0.481 e. The third-order valence-electron chi connectivity index (χ3n) is 4.57. The van der Waals surface area contributed by atoms with Crippen molar-refractivity contribution in [3.63, 3.8) is 0 Å². The summed E-state index contributed by atoms with van der Waals surface area (Å²) in [6.07, 6.45) is 2.26. The highest BCUT2D eigenvalue weighted by Crippen LogP contribution is 2.25. The Morgan fingerprint density at radius 3 is 2.54 bits per heavy atom. The summed E-state index contributed by atoms with van der Waals surface area (Å²) in [4.78, 5) is 18.5. The predicted molar refractivity (Wildman–Crippen MR) is 107 cm³/mol. The SMILES string of the molecule is CCN(C)C(=O)c1cc(-c2ccc(CCO)cc2)n(-c2ccc(OC)nc2)n1. The average Bonchev–Trinajstić information content (AvgIpc) is 3.19. The number of methoxy groups -OCH3 is 1. The lowest BCUT2D eigenvalue weighted by Crippen LogP contribution is -2.26. The third-order valence-corrected chi connectivity index (χ3v) is 4.57. The van der Waals surface area contributed by atoms with E-state index in [4.69, 9.17) is 9.84 Å². The molecule has 0 bridgehead atoms. The molecule has 0 atom stereocenters. The lowest BCUT2D eigenvalue weighted by Gasteiger charge is -2.11. The summed E-state index contributed by atoms with van der Waals surface area (Å²) in [5.41, 5.74) is 3.85. The van der Waals surface area contributed by atoms with Gasteiger partial charge in [0.15, 0.2) is 5.69 Å². The van der Waals surface area contributed by atoms with Gasteiger partial charge in [-0.15, -0.1) is 0 Å². The molecule has 0 saturated carbocycles. The molecule has 0 aliphatic heterocycles. The zero-order valence-corrected chi connectivity index (χ0v) is 16.3. The van der Waals surface area contributed by atoms with E-state index < -0.39 is 0 Å². The fourth-order valence-corrected chi connectivity index (χ4v) is 2.82. The molecule has 28 heavy (non-hydrogen) atoms. The van der Waals surface area contributed by atoms with Gasteiger partial charge in [-0.05, 0) is 31.0 Å². The molecule has 0 saturated heterocycles. The van der Waals surface area contributed by atoms with Crippen LogP contribution in [0.15, 0.2) is 48.7 Å². The number of aliphatic hydroxyl groups excluding tert-OH is 1. The van der Waals surface area contributed by atoms with Gasteiger partial charge in [-0.2, -0.15) is 5.10 Å². The van der Waals surface area contributed by atoms with E-state index in [9.17, 15) is 4.79 Å². The van der Waals surface area contributed by atoms with Gasteiger partial charge in [-0.1, -0.05) is 24.3 Å². The maximum Gasteiger partial charge on any atom is 0.274 e. The van der Waals surface area contributed by atoms with Gasteiger partial charge in [0.2, 0.25) is 5.88 Å². The molecule has 0 aliphatic rings. The van der Waals surface area contributed by atoms with E-state index >= 15 is 0 Å². The standard InChI is InChI=1S/C21H24N4O3/c1-4-24(2)21(27)18-13-19(16-7-5-15(6-8-16)11-12-26)25(23-18)17-9-10-20(28-3)22-14-17/h5-10,13-14,26H,4,11-12H2,1-3H3. The average molecular weight is 380 g/mol. The van der Waals surface area contributed by atoms with Gasteiger partial charge >= 0.3 is 0 Å². The van der Waals surface area contributed by atoms with Crippen molar-refractivity contribution >= 4 is 5.91 Å². The lowest BCUT2D eigenvalue weighted by molar-refractivity contribution is 0.0796. The van der Waals surface area contributed by atoms with Crippen molar-refractivity contribution in [2.45, 2.75) is 13.3 Å². The summed E-state index contributed by atoms with van der Waals surface area (Å²) in [6, 6.07) is 13.3. The molecule has 0 spiro atoms. The Labute approximate surface area is 164 Å². The van der Waals surface area contributed by atoms with Gasteiger partial charge in [0.05, 0.1) is 24.7 Å². The topological polar surface area (TPSA) is 80.5 Å². The van der Waals surface area contributed by atoms with Crippen LogP contribution in [-0.2, 0) is 6.42 Å². The Kier molecular flexibility index (Phi) is 6.06. The number of aliphatic hydroxyl groups is 1. The van der Waals surface area contributed by atoms with Crippen LogP contribution in [0.5, 0.6) is 5.88 Å². The van der Waals surface area contributed by atoms with E-state index in [1.165, 1.54) is 0 Å². The molecule has 0 aliphatic carbocycles. The van der Waals surface area contributed by atoms with Gasteiger partial charge in [-0.3, -0.25) is 4.79 Å². The van der Waals surface area contributed by atoms with Crippen LogP contribution >= 0.6 is 0 Å². The van der Waals surface area contributed by atoms with Crippen LogP contribution in [0.2, 0.25) is 0 Å². The van der Waals surface area contributed by atoms with E-state index in [0.717, 1.165) is 22.5 Å². The van der Waals surface area contributed by atoms with Gasteiger partial charge in [0.1, 0.15) is 0 Å². The number of rotatable bonds is 7. The second-order valence-corrected chi connectivity index (χ2v) is 6.38. The fraction of sp³-hybridized carbons (Fsp3) is 0.286. The second kappa shape index (κ2) is 8.67. The molecular formula is C21H24N4O3. The fourth-order valence-electron chi connectivity index (χ4n) is 2.82. The normalized spacial score (nSPS) is 10.7. The zero-order chi connectivity index (χ0) is 20.1. The lowest BCUT2D eigenvalue weighted by atomic mass is 10.1. The van der Waals surface area contributed by atoms with Crippen LogP contribution in [0.1, 0.15) is 23.0 Å². The number of aromatic nitrogens is 3.